The highest BCUT2D eigenvalue weighted by Gasteiger charge is 2.13. The highest BCUT2D eigenvalue weighted by Crippen LogP contribution is 2.15. The summed E-state index contributed by atoms with van der Waals surface area (Å²) in [5, 5.41) is 3.15. The van der Waals surface area contributed by atoms with Crippen LogP contribution in [0.25, 0.3) is 0 Å². The van der Waals surface area contributed by atoms with E-state index in [4.69, 9.17) is 0 Å². The lowest BCUT2D eigenvalue weighted by molar-refractivity contribution is 0.533. The van der Waals surface area contributed by atoms with Crippen molar-refractivity contribution in [3.8, 4) is 0 Å². The van der Waals surface area contributed by atoms with Gasteiger partial charge in [-0.1, -0.05) is 18.6 Å². The summed E-state index contributed by atoms with van der Waals surface area (Å²) in [6, 6.07) is 7.58. The molecule has 0 radical (unpaired) electrons. The van der Waals surface area contributed by atoms with Crippen LogP contribution in [0, 0.1) is 6.92 Å². The molecule has 0 heterocycles. The van der Waals surface area contributed by atoms with E-state index in [1.165, 1.54) is 0 Å². The van der Waals surface area contributed by atoms with E-state index in [9.17, 15) is 8.42 Å². The standard InChI is InChI=1S/C14H23NO2S/c1-12-7-6-9-14(11-12)18(16,17)10-5-4-8-13(2)15-3/h6-7,9,11,13,15H,4-5,8,10H2,1-3H3. The minimum Gasteiger partial charge on any atom is -0.317 e. The summed E-state index contributed by atoms with van der Waals surface area (Å²) in [6.45, 7) is 4.02. The SMILES string of the molecule is CNC(C)CCCCS(=O)(=O)c1cccc(C)c1. The lowest BCUT2D eigenvalue weighted by Crippen LogP contribution is -2.21. The van der Waals surface area contributed by atoms with E-state index in [1.807, 2.05) is 20.0 Å². The molecule has 0 saturated carbocycles. The van der Waals surface area contributed by atoms with E-state index in [1.54, 1.807) is 18.2 Å². The average molecular weight is 269 g/mol. The molecule has 1 atom stereocenters. The van der Waals surface area contributed by atoms with Crippen LogP contribution in [0.2, 0.25) is 0 Å². The molecular weight excluding hydrogens is 246 g/mol. The topological polar surface area (TPSA) is 46.2 Å². The van der Waals surface area contributed by atoms with Gasteiger partial charge in [0.15, 0.2) is 9.84 Å². The molecule has 4 heteroatoms. The largest absolute Gasteiger partial charge is 0.317 e. The highest BCUT2D eigenvalue weighted by molar-refractivity contribution is 7.91. The maximum absolute atomic E-state index is 12.1. The molecule has 1 aromatic carbocycles. The van der Waals surface area contributed by atoms with Crippen molar-refractivity contribution in [3.63, 3.8) is 0 Å². The van der Waals surface area contributed by atoms with Crippen LogP contribution in [0.1, 0.15) is 31.7 Å². The fraction of sp³-hybridized carbons (Fsp3) is 0.571. The van der Waals surface area contributed by atoms with E-state index < -0.39 is 9.84 Å². The molecule has 0 amide bonds. The van der Waals surface area contributed by atoms with Crippen molar-refractivity contribution in [2.24, 2.45) is 0 Å². The van der Waals surface area contributed by atoms with Gasteiger partial charge in [0.05, 0.1) is 10.6 Å². The van der Waals surface area contributed by atoms with Crippen LogP contribution >= 0.6 is 0 Å². The summed E-state index contributed by atoms with van der Waals surface area (Å²) < 4.78 is 24.2. The number of nitrogens with one attached hydrogen (secondary N) is 1. The Morgan fingerprint density at radius 2 is 2.00 bits per heavy atom. The van der Waals surface area contributed by atoms with Gasteiger partial charge >= 0.3 is 0 Å². The quantitative estimate of drug-likeness (QED) is 0.774. The second-order valence-electron chi connectivity index (χ2n) is 4.82. The molecule has 0 aliphatic carbocycles. The number of hydrogen-bond acceptors (Lipinski definition) is 3. The van der Waals surface area contributed by atoms with Crippen molar-refractivity contribution in [2.45, 2.75) is 44.0 Å². The van der Waals surface area contributed by atoms with Crippen LogP contribution in [0.15, 0.2) is 29.2 Å². The van der Waals surface area contributed by atoms with Gasteiger partial charge in [-0.15, -0.1) is 0 Å². The van der Waals surface area contributed by atoms with E-state index in [0.717, 1.165) is 24.8 Å². The van der Waals surface area contributed by atoms with E-state index in [0.29, 0.717) is 10.9 Å². The molecule has 102 valence electrons. The van der Waals surface area contributed by atoms with Crippen molar-refractivity contribution in [3.05, 3.63) is 29.8 Å². The van der Waals surface area contributed by atoms with Gasteiger partial charge in [-0.25, -0.2) is 8.42 Å². The fourth-order valence-corrected chi connectivity index (χ4v) is 3.28. The van der Waals surface area contributed by atoms with Gasteiger partial charge in [-0.2, -0.15) is 0 Å². The lowest BCUT2D eigenvalue weighted by atomic mass is 10.1. The summed E-state index contributed by atoms with van der Waals surface area (Å²) in [5.74, 6) is 0.243. The van der Waals surface area contributed by atoms with Gasteiger partial charge in [0.25, 0.3) is 0 Å². The Labute approximate surface area is 111 Å². The van der Waals surface area contributed by atoms with Crippen LogP contribution in [0.3, 0.4) is 0 Å². The zero-order valence-electron chi connectivity index (χ0n) is 11.4. The Bertz CT molecular complexity index is 468. The maximum atomic E-state index is 12.1. The summed E-state index contributed by atoms with van der Waals surface area (Å²) in [5.41, 5.74) is 0.986. The van der Waals surface area contributed by atoms with Crippen LogP contribution in [0.4, 0.5) is 0 Å². The van der Waals surface area contributed by atoms with E-state index in [-0.39, 0.29) is 5.75 Å². The molecule has 0 saturated heterocycles. The van der Waals surface area contributed by atoms with Gasteiger partial charge in [0.1, 0.15) is 0 Å². The predicted octanol–water partition coefficient (Wildman–Crippen LogP) is 2.55. The first-order valence-corrected chi connectivity index (χ1v) is 8.07. The Balaban J connectivity index is 2.51. The molecule has 0 aliphatic rings. The average Bonchev–Trinajstić information content (AvgIpc) is 2.34. The minimum absolute atomic E-state index is 0.243. The van der Waals surface area contributed by atoms with Gasteiger partial charge in [0, 0.05) is 6.04 Å². The van der Waals surface area contributed by atoms with Gasteiger partial charge in [-0.3, -0.25) is 0 Å². The molecule has 1 rings (SSSR count). The number of unbranched alkanes of at least 4 members (excludes halogenated alkanes) is 1. The second-order valence-corrected chi connectivity index (χ2v) is 6.93. The first kappa shape index (κ1) is 15.2. The van der Waals surface area contributed by atoms with Crippen LogP contribution < -0.4 is 5.32 Å². The van der Waals surface area contributed by atoms with Gasteiger partial charge in [0.2, 0.25) is 0 Å². The monoisotopic (exact) mass is 269 g/mol. The van der Waals surface area contributed by atoms with Crippen LogP contribution in [-0.4, -0.2) is 27.3 Å². The molecule has 0 aliphatic heterocycles. The van der Waals surface area contributed by atoms with Gasteiger partial charge in [-0.05, 0) is 51.4 Å². The number of benzene rings is 1. The van der Waals surface area contributed by atoms with Crippen molar-refractivity contribution in [2.75, 3.05) is 12.8 Å². The number of sulfone groups is 1. The second kappa shape index (κ2) is 6.90. The fourth-order valence-electron chi connectivity index (χ4n) is 1.81. The lowest BCUT2D eigenvalue weighted by Gasteiger charge is -2.09. The smallest absolute Gasteiger partial charge is 0.178 e. The maximum Gasteiger partial charge on any atom is 0.178 e. The third kappa shape index (κ3) is 4.78. The van der Waals surface area contributed by atoms with Gasteiger partial charge < -0.3 is 5.32 Å². The first-order chi connectivity index (χ1) is 8.45. The number of hydrogen-bond donors (Lipinski definition) is 1. The van der Waals surface area contributed by atoms with Crippen LogP contribution in [-0.2, 0) is 9.84 Å². The molecular formula is C14H23NO2S. The third-order valence-electron chi connectivity index (χ3n) is 3.14. The molecule has 1 N–H and O–H groups in total. The van der Waals surface area contributed by atoms with Crippen molar-refractivity contribution in [1.29, 1.82) is 0 Å². The van der Waals surface area contributed by atoms with Crippen LogP contribution in [0.5, 0.6) is 0 Å². The zero-order valence-corrected chi connectivity index (χ0v) is 12.3. The summed E-state index contributed by atoms with van der Waals surface area (Å²) >= 11 is 0. The number of rotatable bonds is 7. The Hall–Kier alpha value is -0.870. The molecule has 0 bridgehead atoms. The zero-order chi connectivity index (χ0) is 13.6. The van der Waals surface area contributed by atoms with Crippen molar-refractivity contribution < 1.29 is 8.42 Å². The third-order valence-corrected chi connectivity index (χ3v) is 4.94. The first-order valence-electron chi connectivity index (χ1n) is 6.42. The van der Waals surface area contributed by atoms with E-state index >= 15 is 0 Å². The highest BCUT2D eigenvalue weighted by atomic mass is 32.2. The molecule has 1 aromatic rings. The molecule has 1 unspecified atom stereocenters. The molecule has 3 nitrogen and oxygen atoms in total. The Morgan fingerprint density at radius 1 is 1.28 bits per heavy atom. The molecule has 0 spiro atoms. The molecule has 18 heavy (non-hydrogen) atoms. The predicted molar refractivity (Wildman–Crippen MR) is 75.6 cm³/mol. The minimum atomic E-state index is -3.11. The summed E-state index contributed by atoms with van der Waals surface area (Å²) in [6.07, 6.45) is 2.68. The normalized spacial score (nSPS) is 13.5. The van der Waals surface area contributed by atoms with Crippen molar-refractivity contribution >= 4 is 9.84 Å². The molecule has 0 aromatic heterocycles. The Kier molecular flexibility index (Phi) is 5.82. The Morgan fingerprint density at radius 3 is 2.61 bits per heavy atom. The summed E-state index contributed by atoms with van der Waals surface area (Å²) in [7, 11) is -1.18. The van der Waals surface area contributed by atoms with E-state index in [2.05, 4.69) is 12.2 Å². The van der Waals surface area contributed by atoms with Crippen molar-refractivity contribution in [1.82, 2.24) is 5.32 Å². The molecule has 0 fully saturated rings. The summed E-state index contributed by atoms with van der Waals surface area (Å²) in [4.78, 5) is 0.448. The number of aryl methyl sites for hydroxylation is 1.